The van der Waals surface area contributed by atoms with E-state index in [0.29, 0.717) is 5.92 Å². The summed E-state index contributed by atoms with van der Waals surface area (Å²) >= 11 is 0. The second-order valence-corrected chi connectivity index (χ2v) is 5.81. The number of hydrogen-bond acceptors (Lipinski definition) is 3. The molecule has 4 nitrogen and oxygen atoms in total. The Morgan fingerprint density at radius 3 is 2.15 bits per heavy atom. The molecule has 2 N–H and O–H groups in total. The fourth-order valence-electron chi connectivity index (χ4n) is 1.97. The Hall–Kier alpha value is -0.820. The number of nitrogens with one attached hydrogen (secondary N) is 2. The third-order valence-corrected chi connectivity index (χ3v) is 2.68. The van der Waals surface area contributed by atoms with E-state index < -0.39 is 24.7 Å². The molecule has 2 unspecified atom stereocenters. The van der Waals surface area contributed by atoms with E-state index in [-0.39, 0.29) is 6.04 Å². The summed E-state index contributed by atoms with van der Waals surface area (Å²) in [5.41, 5.74) is 0. The first-order valence-electron chi connectivity index (χ1n) is 6.76. The van der Waals surface area contributed by atoms with Crippen LogP contribution < -0.4 is 10.6 Å². The van der Waals surface area contributed by atoms with E-state index in [1.165, 1.54) is 0 Å². The highest BCUT2D eigenvalue weighted by Gasteiger charge is 2.29. The normalized spacial score (nSPS) is 15.5. The van der Waals surface area contributed by atoms with Crippen LogP contribution in [0.3, 0.4) is 0 Å². The molecule has 0 aliphatic carbocycles. The van der Waals surface area contributed by atoms with Crippen molar-refractivity contribution in [2.24, 2.45) is 5.92 Å². The molecule has 0 aromatic carbocycles. The summed E-state index contributed by atoms with van der Waals surface area (Å²) in [5.74, 6) is -0.187. The van der Waals surface area contributed by atoms with E-state index in [1.807, 2.05) is 24.3 Å². The van der Waals surface area contributed by atoms with Gasteiger partial charge in [-0.25, -0.2) is 0 Å². The Kier molecular flexibility index (Phi) is 8.12. The minimum absolute atomic E-state index is 0.0663. The summed E-state index contributed by atoms with van der Waals surface area (Å²) in [7, 11) is 3.84. The lowest BCUT2D eigenvalue weighted by atomic mass is 10.0. The van der Waals surface area contributed by atoms with Crippen molar-refractivity contribution >= 4 is 5.91 Å². The van der Waals surface area contributed by atoms with Crippen LogP contribution in [0.2, 0.25) is 0 Å². The molecule has 0 fully saturated rings. The van der Waals surface area contributed by atoms with Crippen molar-refractivity contribution in [2.45, 2.75) is 45.5 Å². The molecule has 0 heterocycles. The van der Waals surface area contributed by atoms with Crippen molar-refractivity contribution in [1.29, 1.82) is 0 Å². The number of carbonyl (C=O) groups excluding carboxylic acids is 1. The highest BCUT2D eigenvalue weighted by Crippen LogP contribution is 2.12. The number of likely N-dealkylation sites (N-methyl/N-ethyl adjacent to an activating group) is 1. The van der Waals surface area contributed by atoms with Crippen molar-refractivity contribution in [3.8, 4) is 0 Å². The number of hydrogen-bond donors (Lipinski definition) is 2. The predicted octanol–water partition coefficient (Wildman–Crippen LogP) is 1.62. The van der Waals surface area contributed by atoms with Gasteiger partial charge in [-0.1, -0.05) is 13.8 Å². The molecule has 0 rings (SSSR count). The van der Waals surface area contributed by atoms with Crippen molar-refractivity contribution < 1.29 is 18.0 Å². The number of carbonyl (C=O) groups is 1. The Bertz CT molecular complexity index is 283. The van der Waals surface area contributed by atoms with Crippen molar-refractivity contribution in [3.63, 3.8) is 0 Å². The smallest absolute Gasteiger partial charge is 0.346 e. The topological polar surface area (TPSA) is 44.4 Å². The first-order valence-corrected chi connectivity index (χ1v) is 6.76. The molecule has 2 atom stereocenters. The molecule has 0 saturated carbocycles. The number of alkyl halides is 3. The van der Waals surface area contributed by atoms with Gasteiger partial charge in [-0.05, 0) is 33.4 Å². The van der Waals surface area contributed by atoms with Gasteiger partial charge >= 0.3 is 6.18 Å². The zero-order valence-electron chi connectivity index (χ0n) is 12.8. The fourth-order valence-corrected chi connectivity index (χ4v) is 1.97. The summed E-state index contributed by atoms with van der Waals surface area (Å²) in [4.78, 5) is 13.6. The zero-order valence-corrected chi connectivity index (χ0v) is 12.8. The maximum atomic E-state index is 12.0. The maximum absolute atomic E-state index is 12.0. The SMILES string of the molecule is CC(C)CC(CN(C)C)NC(C)C(=O)NCC(F)(F)F. The minimum Gasteiger partial charge on any atom is -0.346 e. The molecular weight excluding hydrogens is 271 g/mol. The molecule has 0 aromatic heterocycles. The first-order chi connectivity index (χ1) is 9.01. The van der Waals surface area contributed by atoms with Crippen LogP contribution in [0.1, 0.15) is 27.2 Å². The third-order valence-electron chi connectivity index (χ3n) is 2.68. The minimum atomic E-state index is -4.38. The van der Waals surface area contributed by atoms with E-state index in [1.54, 1.807) is 6.92 Å². The van der Waals surface area contributed by atoms with E-state index >= 15 is 0 Å². The van der Waals surface area contributed by atoms with E-state index in [4.69, 9.17) is 0 Å². The van der Waals surface area contributed by atoms with Gasteiger partial charge < -0.3 is 15.5 Å². The van der Waals surface area contributed by atoms with Crippen molar-refractivity contribution in [3.05, 3.63) is 0 Å². The summed E-state index contributed by atoms with van der Waals surface area (Å²) in [6.07, 6.45) is -3.52. The van der Waals surface area contributed by atoms with Crippen LogP contribution in [0.15, 0.2) is 0 Å². The van der Waals surface area contributed by atoms with Gasteiger partial charge in [0.2, 0.25) is 5.91 Å². The molecule has 0 radical (unpaired) electrons. The zero-order chi connectivity index (χ0) is 15.9. The standard InChI is InChI=1S/C13H26F3N3O/c1-9(2)6-11(7-19(4)5)18-10(3)12(20)17-8-13(14,15)16/h9-11,18H,6-8H2,1-5H3,(H,17,20). The highest BCUT2D eigenvalue weighted by molar-refractivity contribution is 5.81. The Balaban J connectivity index is 4.35. The van der Waals surface area contributed by atoms with Crippen LogP contribution in [0, 0.1) is 5.92 Å². The van der Waals surface area contributed by atoms with Crippen LogP contribution >= 0.6 is 0 Å². The summed E-state index contributed by atoms with van der Waals surface area (Å²) < 4.78 is 36.1. The number of rotatable bonds is 8. The predicted molar refractivity (Wildman–Crippen MR) is 73.5 cm³/mol. The quantitative estimate of drug-likeness (QED) is 0.715. The van der Waals surface area contributed by atoms with E-state index in [2.05, 4.69) is 19.2 Å². The van der Waals surface area contributed by atoms with Crippen LogP contribution in [0.4, 0.5) is 13.2 Å². The van der Waals surface area contributed by atoms with Gasteiger partial charge in [0.1, 0.15) is 6.54 Å². The molecule has 7 heteroatoms. The molecule has 0 bridgehead atoms. The third kappa shape index (κ3) is 10.0. The second kappa shape index (κ2) is 8.46. The molecule has 20 heavy (non-hydrogen) atoms. The van der Waals surface area contributed by atoms with Gasteiger partial charge in [0.05, 0.1) is 6.04 Å². The summed E-state index contributed by atoms with van der Waals surface area (Å²) in [5, 5.41) is 4.99. The van der Waals surface area contributed by atoms with Gasteiger partial charge in [-0.15, -0.1) is 0 Å². The molecule has 0 saturated heterocycles. The van der Waals surface area contributed by atoms with Gasteiger partial charge in [0.15, 0.2) is 0 Å². The second-order valence-electron chi connectivity index (χ2n) is 5.81. The van der Waals surface area contributed by atoms with Crippen LogP contribution in [0.25, 0.3) is 0 Å². The lowest BCUT2D eigenvalue weighted by molar-refractivity contribution is -0.139. The maximum Gasteiger partial charge on any atom is 0.405 e. The van der Waals surface area contributed by atoms with Gasteiger partial charge in [0, 0.05) is 12.6 Å². The van der Waals surface area contributed by atoms with Gasteiger partial charge in [0.25, 0.3) is 0 Å². The largest absolute Gasteiger partial charge is 0.405 e. The molecule has 120 valence electrons. The van der Waals surface area contributed by atoms with Gasteiger partial charge in [-0.2, -0.15) is 13.2 Å². The first kappa shape index (κ1) is 19.2. The molecule has 0 aliphatic rings. The Morgan fingerprint density at radius 2 is 1.75 bits per heavy atom. The van der Waals surface area contributed by atoms with Crippen molar-refractivity contribution in [2.75, 3.05) is 27.2 Å². The Morgan fingerprint density at radius 1 is 1.20 bits per heavy atom. The van der Waals surface area contributed by atoms with Crippen LogP contribution in [0.5, 0.6) is 0 Å². The number of nitrogens with zero attached hydrogens (tertiary/aromatic N) is 1. The molecule has 0 aliphatic heterocycles. The monoisotopic (exact) mass is 297 g/mol. The summed E-state index contributed by atoms with van der Waals surface area (Å²) in [6.45, 7) is 5.15. The van der Waals surface area contributed by atoms with Crippen molar-refractivity contribution in [1.82, 2.24) is 15.5 Å². The van der Waals surface area contributed by atoms with E-state index in [0.717, 1.165) is 13.0 Å². The molecule has 0 spiro atoms. The lowest BCUT2D eigenvalue weighted by Crippen LogP contribution is -2.51. The highest BCUT2D eigenvalue weighted by atomic mass is 19.4. The molecule has 0 aromatic rings. The fraction of sp³-hybridized carbons (Fsp3) is 0.923. The summed E-state index contributed by atoms with van der Waals surface area (Å²) in [6, 6.07) is -0.585. The molecular formula is C13H26F3N3O. The average molecular weight is 297 g/mol. The molecule has 1 amide bonds. The van der Waals surface area contributed by atoms with Gasteiger partial charge in [-0.3, -0.25) is 4.79 Å². The van der Waals surface area contributed by atoms with Crippen LogP contribution in [-0.2, 0) is 4.79 Å². The average Bonchev–Trinajstić information content (AvgIpc) is 2.22. The number of halogens is 3. The number of amides is 1. The lowest BCUT2D eigenvalue weighted by Gasteiger charge is -2.27. The Labute approximate surface area is 119 Å². The van der Waals surface area contributed by atoms with E-state index in [9.17, 15) is 18.0 Å². The van der Waals surface area contributed by atoms with Crippen LogP contribution in [-0.4, -0.2) is 56.3 Å².